The van der Waals surface area contributed by atoms with Crippen molar-refractivity contribution in [2.45, 2.75) is 5.16 Å². The van der Waals surface area contributed by atoms with Crippen molar-refractivity contribution >= 4 is 17.7 Å². The molecule has 0 N–H and O–H groups in total. The number of nitrogens with zero attached hydrogens (tertiary/aromatic N) is 4. The monoisotopic (exact) mass is 348 g/mol. The molecule has 3 rings (SSSR count). The zero-order valence-electron chi connectivity index (χ0n) is 13.8. The van der Waals surface area contributed by atoms with Gasteiger partial charge in [-0.2, -0.15) is 0 Å². The van der Waals surface area contributed by atoms with Gasteiger partial charge in [-0.1, -0.05) is 11.8 Å². The minimum absolute atomic E-state index is 0.109. The van der Waals surface area contributed by atoms with Gasteiger partial charge in [0.25, 0.3) is 0 Å². The summed E-state index contributed by atoms with van der Waals surface area (Å²) in [6.07, 6.45) is 0. The Labute approximate surface area is 145 Å². The minimum Gasteiger partial charge on any atom is -0.497 e. The van der Waals surface area contributed by atoms with Crippen molar-refractivity contribution in [1.29, 1.82) is 0 Å². The zero-order valence-corrected chi connectivity index (χ0v) is 14.6. The van der Waals surface area contributed by atoms with Crippen LogP contribution in [0.4, 0.5) is 0 Å². The van der Waals surface area contributed by atoms with E-state index in [1.54, 1.807) is 7.11 Å². The Kier molecular flexibility index (Phi) is 5.37. The third-order valence-corrected chi connectivity index (χ3v) is 4.88. The van der Waals surface area contributed by atoms with Crippen molar-refractivity contribution < 1.29 is 14.3 Å². The second kappa shape index (κ2) is 7.67. The van der Waals surface area contributed by atoms with Gasteiger partial charge in [-0.05, 0) is 24.3 Å². The molecule has 24 heavy (non-hydrogen) atoms. The Morgan fingerprint density at radius 3 is 2.62 bits per heavy atom. The molecule has 1 aromatic carbocycles. The van der Waals surface area contributed by atoms with Gasteiger partial charge in [-0.15, -0.1) is 10.2 Å². The molecular weight excluding hydrogens is 328 g/mol. The lowest BCUT2D eigenvalue weighted by atomic mass is 10.2. The number of aromatic nitrogens is 3. The summed E-state index contributed by atoms with van der Waals surface area (Å²) in [5, 5.41) is 9.16. The standard InChI is InChI=1S/C16H20N4O3S/c1-19-15(12-3-5-13(22-2)6-4-12)17-18-16(19)24-11-14(21)20-7-9-23-10-8-20/h3-6H,7-11H2,1-2H3. The molecule has 7 nitrogen and oxygen atoms in total. The van der Waals surface area contributed by atoms with E-state index < -0.39 is 0 Å². The van der Waals surface area contributed by atoms with E-state index in [9.17, 15) is 4.79 Å². The summed E-state index contributed by atoms with van der Waals surface area (Å²) in [6, 6.07) is 7.66. The molecule has 0 unspecified atom stereocenters. The Hall–Kier alpha value is -2.06. The average Bonchev–Trinajstić information content (AvgIpc) is 3.01. The molecule has 1 saturated heterocycles. The van der Waals surface area contributed by atoms with Crippen molar-refractivity contribution in [3.05, 3.63) is 24.3 Å². The predicted octanol–water partition coefficient (Wildman–Crippen LogP) is 1.44. The maximum atomic E-state index is 12.2. The molecule has 1 fully saturated rings. The Bertz CT molecular complexity index is 696. The number of methoxy groups -OCH3 is 1. The van der Waals surface area contributed by atoms with Gasteiger partial charge in [0.15, 0.2) is 11.0 Å². The average molecular weight is 348 g/mol. The Morgan fingerprint density at radius 1 is 1.25 bits per heavy atom. The van der Waals surface area contributed by atoms with Crippen molar-refractivity contribution in [2.75, 3.05) is 39.2 Å². The molecule has 1 aromatic heterocycles. The molecule has 1 amide bonds. The minimum atomic E-state index is 0.109. The topological polar surface area (TPSA) is 69.5 Å². The van der Waals surface area contributed by atoms with E-state index in [0.717, 1.165) is 22.3 Å². The van der Waals surface area contributed by atoms with Gasteiger partial charge in [0, 0.05) is 25.7 Å². The summed E-state index contributed by atoms with van der Waals surface area (Å²) in [5.74, 6) is 2.03. The van der Waals surface area contributed by atoms with E-state index >= 15 is 0 Å². The highest BCUT2D eigenvalue weighted by molar-refractivity contribution is 7.99. The second-order valence-corrected chi connectivity index (χ2v) is 6.32. The lowest BCUT2D eigenvalue weighted by Gasteiger charge is -2.26. The summed E-state index contributed by atoms with van der Waals surface area (Å²) in [6.45, 7) is 2.55. The molecule has 0 saturated carbocycles. The first-order valence-electron chi connectivity index (χ1n) is 7.71. The van der Waals surface area contributed by atoms with Crippen LogP contribution in [0.3, 0.4) is 0 Å². The third-order valence-electron chi connectivity index (χ3n) is 3.87. The first-order valence-corrected chi connectivity index (χ1v) is 8.69. The molecule has 8 heteroatoms. The maximum absolute atomic E-state index is 12.2. The van der Waals surface area contributed by atoms with E-state index in [1.807, 2.05) is 40.8 Å². The van der Waals surface area contributed by atoms with Crippen LogP contribution in [0, 0.1) is 0 Å². The van der Waals surface area contributed by atoms with Crippen LogP contribution in [0.2, 0.25) is 0 Å². The number of hydrogen-bond donors (Lipinski definition) is 0. The molecule has 0 spiro atoms. The van der Waals surface area contributed by atoms with E-state index in [0.29, 0.717) is 32.1 Å². The van der Waals surface area contributed by atoms with Gasteiger partial charge in [0.05, 0.1) is 26.1 Å². The molecule has 0 aliphatic carbocycles. The molecule has 0 radical (unpaired) electrons. The van der Waals surface area contributed by atoms with Crippen LogP contribution in [0.25, 0.3) is 11.4 Å². The van der Waals surface area contributed by atoms with Crippen LogP contribution < -0.4 is 4.74 Å². The third kappa shape index (κ3) is 3.70. The molecule has 2 heterocycles. The van der Waals surface area contributed by atoms with Gasteiger partial charge < -0.3 is 18.9 Å². The SMILES string of the molecule is COc1ccc(-c2nnc(SCC(=O)N3CCOCC3)n2C)cc1. The first kappa shape index (κ1) is 16.8. The van der Waals surface area contributed by atoms with Gasteiger partial charge in [0.1, 0.15) is 5.75 Å². The van der Waals surface area contributed by atoms with Crippen LogP contribution in [0.1, 0.15) is 0 Å². The highest BCUT2D eigenvalue weighted by Gasteiger charge is 2.18. The van der Waals surface area contributed by atoms with Crippen LogP contribution >= 0.6 is 11.8 Å². The summed E-state index contributed by atoms with van der Waals surface area (Å²) >= 11 is 1.40. The van der Waals surface area contributed by atoms with Gasteiger partial charge in [0.2, 0.25) is 5.91 Å². The molecule has 1 aliphatic rings. The number of rotatable bonds is 5. The van der Waals surface area contributed by atoms with Gasteiger partial charge >= 0.3 is 0 Å². The number of benzene rings is 1. The van der Waals surface area contributed by atoms with E-state index in [-0.39, 0.29) is 5.91 Å². The van der Waals surface area contributed by atoms with Crippen LogP contribution in [0.5, 0.6) is 5.75 Å². The fourth-order valence-corrected chi connectivity index (χ4v) is 3.28. The van der Waals surface area contributed by atoms with Crippen LogP contribution in [-0.2, 0) is 16.6 Å². The molecule has 1 aliphatic heterocycles. The smallest absolute Gasteiger partial charge is 0.233 e. The van der Waals surface area contributed by atoms with Crippen LogP contribution in [0.15, 0.2) is 29.4 Å². The van der Waals surface area contributed by atoms with Crippen molar-refractivity contribution in [3.63, 3.8) is 0 Å². The van der Waals surface area contributed by atoms with Gasteiger partial charge in [-0.25, -0.2) is 0 Å². The molecule has 0 bridgehead atoms. The van der Waals surface area contributed by atoms with E-state index in [4.69, 9.17) is 9.47 Å². The number of carbonyl (C=O) groups excluding carboxylic acids is 1. The van der Waals surface area contributed by atoms with Crippen molar-refractivity contribution in [1.82, 2.24) is 19.7 Å². The van der Waals surface area contributed by atoms with Crippen molar-refractivity contribution in [3.8, 4) is 17.1 Å². The number of amides is 1. The number of thioether (sulfide) groups is 1. The number of carbonyl (C=O) groups is 1. The van der Waals surface area contributed by atoms with Crippen LogP contribution in [-0.4, -0.2) is 64.7 Å². The fourth-order valence-electron chi connectivity index (χ4n) is 2.46. The van der Waals surface area contributed by atoms with Crippen molar-refractivity contribution in [2.24, 2.45) is 7.05 Å². The summed E-state index contributed by atoms with van der Waals surface area (Å²) in [5.41, 5.74) is 0.956. The number of morpholine rings is 1. The quantitative estimate of drug-likeness (QED) is 0.762. The summed E-state index contributed by atoms with van der Waals surface area (Å²) < 4.78 is 12.3. The molecule has 2 aromatic rings. The van der Waals surface area contributed by atoms with Gasteiger partial charge in [-0.3, -0.25) is 4.79 Å². The maximum Gasteiger partial charge on any atom is 0.233 e. The van der Waals surface area contributed by atoms with E-state index in [2.05, 4.69) is 10.2 Å². The first-order chi connectivity index (χ1) is 11.7. The molecule has 0 atom stereocenters. The lowest BCUT2D eigenvalue weighted by Crippen LogP contribution is -2.41. The second-order valence-electron chi connectivity index (χ2n) is 5.38. The Morgan fingerprint density at radius 2 is 1.96 bits per heavy atom. The normalized spacial score (nSPS) is 14.7. The number of hydrogen-bond acceptors (Lipinski definition) is 6. The Balaban J connectivity index is 1.64. The largest absolute Gasteiger partial charge is 0.497 e. The fraction of sp³-hybridized carbons (Fsp3) is 0.438. The summed E-state index contributed by atoms with van der Waals surface area (Å²) in [7, 11) is 3.54. The zero-order chi connectivity index (χ0) is 16.9. The lowest BCUT2D eigenvalue weighted by molar-refractivity contribution is -0.132. The van der Waals surface area contributed by atoms with E-state index in [1.165, 1.54) is 11.8 Å². The highest BCUT2D eigenvalue weighted by atomic mass is 32.2. The summed E-state index contributed by atoms with van der Waals surface area (Å²) in [4.78, 5) is 14.0. The number of ether oxygens (including phenoxy) is 2. The molecule has 128 valence electrons. The highest BCUT2D eigenvalue weighted by Crippen LogP contribution is 2.24. The molecular formula is C16H20N4O3S. The predicted molar refractivity (Wildman–Crippen MR) is 91.1 cm³/mol.